The molecule has 0 amide bonds. The Balaban J connectivity index is 1.83. The molecule has 0 unspecified atom stereocenters. The minimum absolute atomic E-state index is 0.00877. The van der Waals surface area contributed by atoms with Gasteiger partial charge in [-0.25, -0.2) is 8.42 Å². The van der Waals surface area contributed by atoms with Gasteiger partial charge in [0.05, 0.1) is 22.7 Å². The largest absolute Gasteiger partial charge is 0.486 e. The molecule has 11 heteroatoms. The summed E-state index contributed by atoms with van der Waals surface area (Å²) in [6.07, 6.45) is -5.81. The van der Waals surface area contributed by atoms with Crippen LogP contribution in [-0.4, -0.2) is 32.1 Å². The zero-order chi connectivity index (χ0) is 26.3. The van der Waals surface area contributed by atoms with Crippen molar-refractivity contribution >= 4 is 33.3 Å². The number of fused-ring (bicyclic) bond motifs is 1. The summed E-state index contributed by atoms with van der Waals surface area (Å²) < 4.78 is 74.0. The van der Waals surface area contributed by atoms with Crippen molar-refractivity contribution in [2.45, 2.75) is 36.9 Å². The predicted octanol–water partition coefficient (Wildman–Crippen LogP) is 6.16. The van der Waals surface area contributed by atoms with E-state index in [9.17, 15) is 26.4 Å². The van der Waals surface area contributed by atoms with Crippen molar-refractivity contribution in [3.05, 3.63) is 76.8 Å². The number of rotatable bonds is 6. The number of anilines is 1. The fraction of sp³-hybridized carbons (Fsp3) is 0.240. The number of alkyl halides is 3. The molecule has 0 saturated carbocycles. The molecule has 36 heavy (non-hydrogen) atoms. The van der Waals surface area contributed by atoms with Gasteiger partial charge in [0.25, 0.3) is 10.0 Å². The van der Waals surface area contributed by atoms with Crippen molar-refractivity contribution in [3.8, 4) is 16.9 Å². The van der Waals surface area contributed by atoms with E-state index in [1.165, 1.54) is 0 Å². The maximum absolute atomic E-state index is 13.6. The lowest BCUT2D eigenvalue weighted by atomic mass is 10.0. The van der Waals surface area contributed by atoms with Crippen LogP contribution in [0.4, 0.5) is 18.9 Å². The molecule has 0 bridgehead atoms. The molecular weight excluding hydrogens is 519 g/mol. The number of ether oxygens (including phenoxy) is 1. The molecule has 1 atom stereocenters. The highest BCUT2D eigenvalue weighted by molar-refractivity contribution is 7.92. The fourth-order valence-corrected chi connectivity index (χ4v) is 5.73. The molecule has 0 spiro atoms. The van der Waals surface area contributed by atoms with Crippen LogP contribution in [-0.2, 0) is 21.0 Å². The smallest absolute Gasteiger partial charge is 0.416 e. The number of carbonyl (C=O) groups is 1. The first-order valence-corrected chi connectivity index (χ1v) is 12.7. The van der Waals surface area contributed by atoms with Crippen molar-refractivity contribution in [3.63, 3.8) is 0 Å². The highest BCUT2D eigenvalue weighted by Crippen LogP contribution is 2.42. The van der Waals surface area contributed by atoms with E-state index in [0.29, 0.717) is 22.2 Å². The Morgan fingerprint density at radius 3 is 2.58 bits per heavy atom. The van der Waals surface area contributed by atoms with Crippen LogP contribution in [0.25, 0.3) is 11.1 Å². The van der Waals surface area contributed by atoms with E-state index in [2.05, 4.69) is 0 Å². The Morgan fingerprint density at radius 2 is 1.89 bits per heavy atom. The van der Waals surface area contributed by atoms with Crippen LogP contribution in [0.5, 0.6) is 5.75 Å². The Bertz CT molecular complexity index is 1430. The van der Waals surface area contributed by atoms with Crippen LogP contribution in [0.15, 0.2) is 65.6 Å². The number of aliphatic carboxylic acids is 1. The molecule has 0 aliphatic carbocycles. The van der Waals surface area contributed by atoms with E-state index in [1.807, 2.05) is 19.1 Å². The van der Waals surface area contributed by atoms with Crippen LogP contribution in [0.3, 0.4) is 0 Å². The fourth-order valence-electron chi connectivity index (χ4n) is 3.96. The molecule has 0 saturated heterocycles. The summed E-state index contributed by atoms with van der Waals surface area (Å²) in [5.41, 5.74) is 1.17. The maximum atomic E-state index is 13.6. The second kappa shape index (κ2) is 9.67. The summed E-state index contributed by atoms with van der Waals surface area (Å²) in [7, 11) is -4.47. The number of carboxylic acid groups (broad SMARTS) is 1. The van der Waals surface area contributed by atoms with Crippen molar-refractivity contribution in [1.82, 2.24) is 0 Å². The summed E-state index contributed by atoms with van der Waals surface area (Å²) >= 11 is 6.37. The van der Waals surface area contributed by atoms with Crippen molar-refractivity contribution in [1.29, 1.82) is 0 Å². The van der Waals surface area contributed by atoms with Gasteiger partial charge in [-0.05, 0) is 61.4 Å². The zero-order valence-electron chi connectivity index (χ0n) is 18.9. The van der Waals surface area contributed by atoms with Crippen LogP contribution < -0.4 is 9.04 Å². The molecule has 1 heterocycles. The van der Waals surface area contributed by atoms with Gasteiger partial charge in [-0.1, -0.05) is 35.4 Å². The molecule has 1 aliphatic rings. The zero-order valence-corrected chi connectivity index (χ0v) is 20.5. The first-order valence-electron chi connectivity index (χ1n) is 10.9. The maximum Gasteiger partial charge on any atom is 0.416 e. The summed E-state index contributed by atoms with van der Waals surface area (Å²) in [4.78, 5) is 10.5. The molecule has 0 radical (unpaired) electrons. The molecule has 1 N–H and O–H groups in total. The lowest BCUT2D eigenvalue weighted by Crippen LogP contribution is -2.43. The van der Waals surface area contributed by atoms with E-state index in [0.717, 1.165) is 28.1 Å². The Morgan fingerprint density at radius 1 is 1.14 bits per heavy atom. The normalized spacial score (nSPS) is 15.8. The minimum atomic E-state index is -4.73. The van der Waals surface area contributed by atoms with Gasteiger partial charge < -0.3 is 9.84 Å². The number of halogens is 4. The quantitative estimate of drug-likeness (QED) is 0.406. The van der Waals surface area contributed by atoms with Crippen LogP contribution in [0, 0.1) is 6.92 Å². The molecular formula is C25H21ClF3NO5S. The molecule has 0 aromatic heterocycles. The average molecular weight is 540 g/mol. The van der Waals surface area contributed by atoms with Crippen molar-refractivity contribution in [2.24, 2.45) is 0 Å². The first kappa shape index (κ1) is 25.8. The van der Waals surface area contributed by atoms with Gasteiger partial charge in [0.1, 0.15) is 11.9 Å². The van der Waals surface area contributed by atoms with Crippen molar-refractivity contribution in [2.75, 3.05) is 10.8 Å². The van der Waals surface area contributed by atoms with E-state index in [4.69, 9.17) is 21.4 Å². The number of benzene rings is 3. The number of hydrogen-bond acceptors (Lipinski definition) is 4. The third-order valence-electron chi connectivity index (χ3n) is 5.75. The van der Waals surface area contributed by atoms with Gasteiger partial charge in [0.15, 0.2) is 0 Å². The summed E-state index contributed by atoms with van der Waals surface area (Å²) in [6.45, 7) is 1.60. The van der Waals surface area contributed by atoms with Crippen LogP contribution in [0.1, 0.15) is 24.0 Å². The number of nitrogens with zero attached hydrogens (tertiary/aromatic N) is 1. The summed E-state index contributed by atoms with van der Waals surface area (Å²) in [5, 5.41) is 9.49. The SMILES string of the molecule is Cc1ccc(Cl)c(-c2ccc3c(c2)N(S(=O)(=O)c2cccc(C(F)(F)F)c2)C[C@H](CCC(=O)O)O3)c1. The van der Waals surface area contributed by atoms with Gasteiger partial charge in [-0.2, -0.15) is 13.2 Å². The van der Waals surface area contributed by atoms with E-state index in [-0.39, 0.29) is 30.8 Å². The number of hydrogen-bond donors (Lipinski definition) is 1. The van der Waals surface area contributed by atoms with Crippen molar-refractivity contribution < 1.29 is 36.2 Å². The minimum Gasteiger partial charge on any atom is -0.486 e. The molecule has 4 rings (SSSR count). The molecule has 3 aromatic carbocycles. The number of sulfonamides is 1. The number of carboxylic acids is 1. The van der Waals surface area contributed by atoms with Gasteiger partial charge in [0, 0.05) is 17.0 Å². The number of aryl methyl sites for hydroxylation is 1. The highest BCUT2D eigenvalue weighted by atomic mass is 35.5. The second-order valence-corrected chi connectivity index (χ2v) is 10.7. The molecule has 0 fully saturated rings. The topological polar surface area (TPSA) is 83.9 Å². The van der Waals surface area contributed by atoms with Gasteiger partial charge in [-0.3, -0.25) is 9.10 Å². The lowest BCUT2D eigenvalue weighted by molar-refractivity contribution is -0.138. The van der Waals surface area contributed by atoms with E-state index < -0.39 is 38.7 Å². The lowest BCUT2D eigenvalue weighted by Gasteiger charge is -2.36. The summed E-state index contributed by atoms with van der Waals surface area (Å²) in [6, 6.07) is 13.6. The second-order valence-electron chi connectivity index (χ2n) is 8.40. The van der Waals surface area contributed by atoms with Crippen LogP contribution >= 0.6 is 11.6 Å². The molecule has 6 nitrogen and oxygen atoms in total. The Labute approximate surface area is 210 Å². The molecule has 3 aromatic rings. The Hall–Kier alpha value is -3.24. The standard InChI is InChI=1S/C25H21ClF3NO5S/c1-15-5-8-21(26)20(11-15)16-6-9-23-22(12-16)30(14-18(35-23)7-10-24(31)32)36(33,34)19-4-2-3-17(13-19)25(27,28)29/h2-6,8-9,11-13,18H,7,10,14H2,1H3,(H,31,32)/t18-/m0/s1. The average Bonchev–Trinajstić information content (AvgIpc) is 2.83. The summed E-state index contributed by atoms with van der Waals surface area (Å²) in [5.74, 6) is -0.916. The van der Waals surface area contributed by atoms with Gasteiger partial charge in [-0.15, -0.1) is 0 Å². The predicted molar refractivity (Wildman–Crippen MR) is 129 cm³/mol. The highest BCUT2D eigenvalue weighted by Gasteiger charge is 2.37. The molecule has 190 valence electrons. The Kier molecular flexibility index (Phi) is 6.94. The first-order chi connectivity index (χ1) is 16.9. The van der Waals surface area contributed by atoms with E-state index in [1.54, 1.807) is 24.3 Å². The third kappa shape index (κ3) is 5.29. The monoisotopic (exact) mass is 539 g/mol. The van der Waals surface area contributed by atoms with Gasteiger partial charge >= 0.3 is 12.1 Å². The van der Waals surface area contributed by atoms with Crippen LogP contribution in [0.2, 0.25) is 5.02 Å². The van der Waals surface area contributed by atoms with Gasteiger partial charge in [0.2, 0.25) is 0 Å². The molecule has 1 aliphatic heterocycles. The van der Waals surface area contributed by atoms with E-state index >= 15 is 0 Å². The third-order valence-corrected chi connectivity index (χ3v) is 7.86.